The maximum absolute atomic E-state index is 13.5. The number of carbonyl (C=O) groups is 3. The molecule has 3 rings (SSSR count). The zero-order valence-corrected chi connectivity index (χ0v) is 23.7. The summed E-state index contributed by atoms with van der Waals surface area (Å²) in [5, 5.41) is 14.2. The van der Waals surface area contributed by atoms with Crippen LogP contribution in [0.15, 0.2) is 91.0 Å². The molecule has 41 heavy (non-hydrogen) atoms. The molecule has 0 saturated carbocycles. The van der Waals surface area contributed by atoms with Gasteiger partial charge in [0.1, 0.15) is 18.2 Å². The lowest BCUT2D eigenvalue weighted by atomic mass is 9.99. The Kier molecular flexibility index (Phi) is 11.3. The van der Waals surface area contributed by atoms with Gasteiger partial charge in [0.05, 0.1) is 18.7 Å². The second kappa shape index (κ2) is 14.9. The van der Waals surface area contributed by atoms with Gasteiger partial charge in [-0.2, -0.15) is 0 Å². The van der Waals surface area contributed by atoms with Gasteiger partial charge in [-0.25, -0.2) is 9.59 Å². The van der Waals surface area contributed by atoms with Crippen LogP contribution < -0.4 is 11.1 Å². The first-order valence-electron chi connectivity index (χ1n) is 13.5. The molecule has 0 aliphatic heterocycles. The van der Waals surface area contributed by atoms with Crippen LogP contribution in [0.25, 0.3) is 0 Å². The Labute approximate surface area is 241 Å². The van der Waals surface area contributed by atoms with E-state index in [2.05, 4.69) is 5.32 Å². The fourth-order valence-corrected chi connectivity index (χ4v) is 4.27. The maximum atomic E-state index is 13.5. The molecule has 4 N–H and O–H groups in total. The number of aliphatic hydroxyl groups is 1. The predicted octanol–water partition coefficient (Wildman–Crippen LogP) is 4.22. The largest absolute Gasteiger partial charge is 0.445 e. The van der Waals surface area contributed by atoms with E-state index in [0.717, 1.165) is 21.6 Å². The zero-order valence-electron chi connectivity index (χ0n) is 23.7. The Morgan fingerprint density at radius 2 is 1.32 bits per heavy atom. The molecule has 9 heteroatoms. The smallest absolute Gasteiger partial charge is 0.410 e. The van der Waals surface area contributed by atoms with Crippen LogP contribution in [-0.2, 0) is 33.7 Å². The van der Waals surface area contributed by atoms with Crippen LogP contribution in [0.4, 0.5) is 9.59 Å². The third kappa shape index (κ3) is 10.6. The Morgan fingerprint density at radius 3 is 1.80 bits per heavy atom. The minimum Gasteiger partial charge on any atom is -0.445 e. The normalized spacial score (nSPS) is 13.4. The van der Waals surface area contributed by atoms with E-state index < -0.39 is 41.9 Å². The van der Waals surface area contributed by atoms with Crippen molar-refractivity contribution in [2.75, 3.05) is 6.54 Å². The molecule has 218 valence electrons. The number of nitrogens with one attached hydrogen (secondary N) is 1. The summed E-state index contributed by atoms with van der Waals surface area (Å²) in [6.45, 7) is 4.84. The second-order valence-corrected chi connectivity index (χ2v) is 10.8. The molecule has 0 spiro atoms. The summed E-state index contributed by atoms with van der Waals surface area (Å²) >= 11 is 0. The Bertz CT molecular complexity index is 1250. The third-order valence-electron chi connectivity index (χ3n) is 6.26. The average molecular weight is 562 g/mol. The van der Waals surface area contributed by atoms with Gasteiger partial charge in [0.25, 0.3) is 0 Å². The third-order valence-corrected chi connectivity index (χ3v) is 6.26. The number of primary amides is 1. The molecular formula is C32H39N3O6. The van der Waals surface area contributed by atoms with Crippen LogP contribution in [0, 0.1) is 0 Å². The monoisotopic (exact) mass is 561 g/mol. The number of rotatable bonds is 12. The Hall–Kier alpha value is -4.37. The highest BCUT2D eigenvalue weighted by molar-refractivity contribution is 5.84. The fourth-order valence-electron chi connectivity index (χ4n) is 4.27. The number of alkyl carbamates (subject to hydrolysis) is 1. The molecule has 0 saturated heterocycles. The lowest BCUT2D eigenvalue weighted by Crippen LogP contribution is -2.56. The van der Waals surface area contributed by atoms with Crippen molar-refractivity contribution in [1.29, 1.82) is 0 Å². The number of nitrogens with zero attached hydrogens (tertiary/aromatic N) is 1. The maximum Gasteiger partial charge on any atom is 0.410 e. The molecule has 3 atom stereocenters. The van der Waals surface area contributed by atoms with Crippen molar-refractivity contribution in [3.8, 4) is 0 Å². The van der Waals surface area contributed by atoms with Gasteiger partial charge in [-0.15, -0.1) is 0 Å². The van der Waals surface area contributed by atoms with E-state index in [4.69, 9.17) is 15.2 Å². The molecule has 0 heterocycles. The molecule has 0 aliphatic carbocycles. The number of hydrogen-bond acceptors (Lipinski definition) is 6. The second-order valence-electron chi connectivity index (χ2n) is 10.8. The van der Waals surface area contributed by atoms with Gasteiger partial charge < -0.3 is 25.6 Å². The number of ether oxygens (including phenoxy) is 2. The Balaban J connectivity index is 1.88. The van der Waals surface area contributed by atoms with Gasteiger partial charge in [-0.1, -0.05) is 91.0 Å². The summed E-state index contributed by atoms with van der Waals surface area (Å²) in [6.07, 6.45) is -2.47. The van der Waals surface area contributed by atoms with Gasteiger partial charge in [-0.3, -0.25) is 9.69 Å². The van der Waals surface area contributed by atoms with Gasteiger partial charge in [0, 0.05) is 6.42 Å². The van der Waals surface area contributed by atoms with Crippen molar-refractivity contribution in [2.45, 2.75) is 64.0 Å². The lowest BCUT2D eigenvalue weighted by molar-refractivity contribution is -0.123. The Morgan fingerprint density at radius 1 is 0.829 bits per heavy atom. The zero-order chi connectivity index (χ0) is 29.8. The van der Waals surface area contributed by atoms with E-state index in [1.165, 1.54) is 0 Å². The molecule has 0 radical (unpaired) electrons. The molecule has 3 aromatic carbocycles. The molecule has 0 fully saturated rings. The van der Waals surface area contributed by atoms with Crippen LogP contribution >= 0.6 is 0 Å². The molecular weight excluding hydrogens is 522 g/mol. The first-order chi connectivity index (χ1) is 19.5. The number of benzene rings is 3. The molecule has 3 aromatic rings. The van der Waals surface area contributed by atoms with Crippen molar-refractivity contribution in [1.82, 2.24) is 10.2 Å². The molecule has 3 amide bonds. The van der Waals surface area contributed by atoms with Crippen molar-refractivity contribution in [3.63, 3.8) is 0 Å². The van der Waals surface area contributed by atoms with E-state index >= 15 is 0 Å². The molecule has 0 bridgehead atoms. The number of hydrogen-bond donors (Lipinski definition) is 3. The van der Waals surface area contributed by atoms with E-state index in [1.54, 1.807) is 20.8 Å². The first-order valence-corrected chi connectivity index (χ1v) is 13.5. The number of carbonyl (C=O) groups excluding carboxylic acids is 3. The quantitative estimate of drug-likeness (QED) is 0.304. The van der Waals surface area contributed by atoms with Gasteiger partial charge >= 0.3 is 12.2 Å². The number of nitrogens with two attached hydrogens (primary N) is 1. The van der Waals surface area contributed by atoms with E-state index in [-0.39, 0.29) is 26.0 Å². The van der Waals surface area contributed by atoms with Crippen LogP contribution in [0.1, 0.15) is 37.5 Å². The minimum absolute atomic E-state index is 0.0350. The van der Waals surface area contributed by atoms with Crippen LogP contribution in [0.5, 0.6) is 0 Å². The minimum atomic E-state index is -1.30. The number of amides is 3. The van der Waals surface area contributed by atoms with Crippen molar-refractivity contribution in [3.05, 3.63) is 108 Å². The van der Waals surface area contributed by atoms with Crippen molar-refractivity contribution < 1.29 is 29.0 Å². The fraction of sp³-hybridized carbons (Fsp3) is 0.344. The first kappa shape index (κ1) is 31.2. The summed E-state index contributed by atoms with van der Waals surface area (Å²) in [5.74, 6) is -0.752. The van der Waals surface area contributed by atoms with Crippen LogP contribution in [-0.4, -0.2) is 58.4 Å². The summed E-state index contributed by atoms with van der Waals surface area (Å²) < 4.78 is 11.0. The summed E-state index contributed by atoms with van der Waals surface area (Å²) in [4.78, 5) is 40.0. The van der Waals surface area contributed by atoms with Gasteiger partial charge in [-0.05, 0) is 43.9 Å². The van der Waals surface area contributed by atoms with Gasteiger partial charge in [0.2, 0.25) is 5.91 Å². The van der Waals surface area contributed by atoms with E-state index in [1.807, 2.05) is 91.0 Å². The predicted molar refractivity (Wildman–Crippen MR) is 156 cm³/mol. The van der Waals surface area contributed by atoms with Crippen molar-refractivity contribution in [2.24, 2.45) is 5.73 Å². The van der Waals surface area contributed by atoms with Crippen molar-refractivity contribution >= 4 is 18.1 Å². The molecule has 0 unspecified atom stereocenters. The summed E-state index contributed by atoms with van der Waals surface area (Å²) in [7, 11) is 0. The number of aliphatic hydroxyl groups excluding tert-OH is 1. The topological polar surface area (TPSA) is 131 Å². The van der Waals surface area contributed by atoms with E-state index in [0.29, 0.717) is 0 Å². The lowest BCUT2D eigenvalue weighted by Gasteiger charge is -2.34. The van der Waals surface area contributed by atoms with Crippen LogP contribution in [0.2, 0.25) is 0 Å². The molecule has 0 aliphatic rings. The van der Waals surface area contributed by atoms with Gasteiger partial charge in [0.15, 0.2) is 0 Å². The highest BCUT2D eigenvalue weighted by Gasteiger charge is 2.34. The summed E-state index contributed by atoms with van der Waals surface area (Å²) in [5.41, 5.74) is 7.42. The highest BCUT2D eigenvalue weighted by atomic mass is 16.6. The SMILES string of the molecule is CC(C)(C)OC(=O)N[C@@H](Cc1ccccc1)[C@@H](O)CN(C(=O)OCc1ccccc1)[C@H](Cc1ccccc1)C(N)=O. The van der Waals surface area contributed by atoms with E-state index in [9.17, 15) is 19.5 Å². The average Bonchev–Trinajstić information content (AvgIpc) is 2.93. The standard InChI is InChI=1S/C32H39N3O6/c1-32(2,3)41-30(38)34-26(19-23-13-7-4-8-14-23)28(36)21-35(31(39)40-22-25-17-11-6-12-18-25)27(29(33)37)20-24-15-9-5-10-16-24/h4-18,26-28,36H,19-22H2,1-3H3,(H2,33,37)(H,34,38)/t26-,27+,28-/m0/s1. The highest BCUT2D eigenvalue weighted by Crippen LogP contribution is 2.16. The van der Waals surface area contributed by atoms with Crippen LogP contribution in [0.3, 0.4) is 0 Å². The molecule has 9 nitrogen and oxygen atoms in total. The molecule has 0 aromatic heterocycles. The summed E-state index contributed by atoms with van der Waals surface area (Å²) in [6, 6.07) is 25.6.